The van der Waals surface area contributed by atoms with Gasteiger partial charge in [-0.2, -0.15) is 0 Å². The molecule has 7 heteroatoms. The first-order valence-electron chi connectivity index (χ1n) is 5.74. The molecular formula is C12H16N2O3S2. The van der Waals surface area contributed by atoms with E-state index in [0.29, 0.717) is 10.7 Å². The highest BCUT2D eigenvalue weighted by atomic mass is 32.2. The third-order valence-electron chi connectivity index (χ3n) is 2.28. The summed E-state index contributed by atoms with van der Waals surface area (Å²) in [5.41, 5.74) is -0.514. The van der Waals surface area contributed by atoms with Crippen LogP contribution in [0.2, 0.25) is 0 Å². The Morgan fingerprint density at radius 2 is 2.05 bits per heavy atom. The van der Waals surface area contributed by atoms with Crippen LogP contribution in [0, 0.1) is 6.92 Å². The van der Waals surface area contributed by atoms with E-state index in [1.54, 1.807) is 19.1 Å². The van der Waals surface area contributed by atoms with Crippen molar-refractivity contribution < 1.29 is 12.9 Å². The van der Waals surface area contributed by atoms with Crippen molar-refractivity contribution in [3.05, 3.63) is 23.2 Å². The minimum Gasteiger partial charge on any atom is -0.355 e. The fourth-order valence-electron chi connectivity index (χ4n) is 1.65. The van der Waals surface area contributed by atoms with Crippen molar-refractivity contribution in [2.75, 3.05) is 0 Å². The summed E-state index contributed by atoms with van der Waals surface area (Å²) in [5, 5.41) is 3.63. The van der Waals surface area contributed by atoms with E-state index in [-0.39, 0.29) is 0 Å². The Morgan fingerprint density at radius 3 is 2.58 bits per heavy atom. The molecule has 0 saturated heterocycles. The van der Waals surface area contributed by atoms with Crippen LogP contribution in [0.4, 0.5) is 0 Å². The van der Waals surface area contributed by atoms with Crippen molar-refractivity contribution in [2.24, 2.45) is 0 Å². The number of hydrogen-bond acceptors (Lipinski definition) is 5. The molecule has 0 amide bonds. The van der Waals surface area contributed by atoms with Crippen LogP contribution in [-0.4, -0.2) is 19.1 Å². The van der Waals surface area contributed by atoms with E-state index in [0.717, 1.165) is 9.75 Å². The van der Waals surface area contributed by atoms with Crippen molar-refractivity contribution in [3.8, 4) is 10.6 Å². The van der Waals surface area contributed by atoms with Crippen molar-refractivity contribution in [3.63, 3.8) is 0 Å². The first-order chi connectivity index (χ1) is 8.69. The average Bonchev–Trinajstić information content (AvgIpc) is 2.80. The van der Waals surface area contributed by atoms with E-state index >= 15 is 0 Å². The third kappa shape index (κ3) is 3.23. The molecule has 1 N–H and O–H groups in total. The zero-order valence-electron chi connectivity index (χ0n) is 11.2. The molecule has 0 aliphatic heterocycles. The molecule has 0 bridgehead atoms. The Kier molecular flexibility index (Phi) is 3.55. The highest BCUT2D eigenvalue weighted by Crippen LogP contribution is 2.33. The first kappa shape index (κ1) is 14.2. The van der Waals surface area contributed by atoms with E-state index in [4.69, 9.17) is 4.52 Å². The van der Waals surface area contributed by atoms with E-state index < -0.39 is 15.6 Å². The standard InChI is InChI=1S/C12H16N2O3S2/c1-8-11(19(15,16)14-12(2,3)4)7-10(18-8)9-5-6-13-17-9/h5-7,14H,1-4H3. The average molecular weight is 300 g/mol. The summed E-state index contributed by atoms with van der Waals surface area (Å²) in [6.07, 6.45) is 1.53. The van der Waals surface area contributed by atoms with Gasteiger partial charge < -0.3 is 4.52 Å². The van der Waals surface area contributed by atoms with E-state index in [2.05, 4.69) is 9.88 Å². The SMILES string of the molecule is Cc1sc(-c2ccno2)cc1S(=O)(=O)NC(C)(C)C. The molecule has 0 aliphatic rings. The highest BCUT2D eigenvalue weighted by molar-refractivity contribution is 7.89. The normalized spacial score (nSPS) is 12.8. The fraction of sp³-hybridized carbons (Fsp3) is 0.417. The summed E-state index contributed by atoms with van der Waals surface area (Å²) in [7, 11) is -3.52. The smallest absolute Gasteiger partial charge is 0.242 e. The number of nitrogens with zero attached hydrogens (tertiary/aromatic N) is 1. The van der Waals surface area contributed by atoms with Gasteiger partial charge in [-0.05, 0) is 33.8 Å². The third-order valence-corrected chi connectivity index (χ3v) is 5.36. The van der Waals surface area contributed by atoms with Crippen LogP contribution in [0.15, 0.2) is 27.7 Å². The molecule has 0 atom stereocenters. The van der Waals surface area contributed by atoms with Crippen LogP contribution in [0.3, 0.4) is 0 Å². The van der Waals surface area contributed by atoms with Crippen LogP contribution >= 0.6 is 11.3 Å². The van der Waals surface area contributed by atoms with Crippen molar-refractivity contribution in [1.82, 2.24) is 9.88 Å². The number of sulfonamides is 1. The quantitative estimate of drug-likeness (QED) is 0.946. The van der Waals surface area contributed by atoms with Gasteiger partial charge in [-0.1, -0.05) is 5.16 Å². The maximum Gasteiger partial charge on any atom is 0.242 e. The lowest BCUT2D eigenvalue weighted by atomic mass is 10.1. The summed E-state index contributed by atoms with van der Waals surface area (Å²) < 4.78 is 32.3. The highest BCUT2D eigenvalue weighted by Gasteiger charge is 2.26. The largest absolute Gasteiger partial charge is 0.355 e. The van der Waals surface area contributed by atoms with Gasteiger partial charge in [-0.3, -0.25) is 0 Å². The monoisotopic (exact) mass is 300 g/mol. The lowest BCUT2D eigenvalue weighted by Gasteiger charge is -2.20. The minimum atomic E-state index is -3.52. The van der Waals surface area contributed by atoms with Gasteiger partial charge in [0, 0.05) is 16.5 Å². The van der Waals surface area contributed by atoms with Crippen LogP contribution in [-0.2, 0) is 10.0 Å². The summed E-state index contributed by atoms with van der Waals surface area (Å²) in [5.74, 6) is 0.574. The fourth-order valence-corrected chi connectivity index (χ4v) is 4.62. The number of hydrogen-bond donors (Lipinski definition) is 1. The molecular weight excluding hydrogens is 284 g/mol. The van der Waals surface area contributed by atoms with Crippen molar-refractivity contribution in [1.29, 1.82) is 0 Å². The maximum atomic E-state index is 12.3. The molecule has 0 aromatic carbocycles. The second-order valence-electron chi connectivity index (χ2n) is 5.26. The predicted molar refractivity (Wildman–Crippen MR) is 74.6 cm³/mol. The molecule has 2 heterocycles. The maximum absolute atomic E-state index is 12.3. The molecule has 2 rings (SSSR count). The Hall–Kier alpha value is -1.18. The van der Waals surface area contributed by atoms with Gasteiger partial charge in [0.25, 0.3) is 0 Å². The van der Waals surface area contributed by atoms with Crippen LogP contribution in [0.5, 0.6) is 0 Å². The number of nitrogens with one attached hydrogen (secondary N) is 1. The van der Waals surface area contributed by atoms with E-state index in [1.807, 2.05) is 20.8 Å². The Bertz CT molecular complexity index is 664. The Balaban J connectivity index is 2.42. The van der Waals surface area contributed by atoms with Gasteiger partial charge in [0.05, 0.1) is 16.0 Å². The van der Waals surface area contributed by atoms with E-state index in [9.17, 15) is 8.42 Å². The number of aryl methyl sites for hydroxylation is 1. The Morgan fingerprint density at radius 1 is 1.37 bits per heavy atom. The zero-order chi connectivity index (χ0) is 14.3. The number of thiophene rings is 1. The molecule has 19 heavy (non-hydrogen) atoms. The second kappa shape index (κ2) is 4.73. The number of rotatable bonds is 3. The van der Waals surface area contributed by atoms with Crippen molar-refractivity contribution in [2.45, 2.75) is 38.1 Å². The molecule has 0 aliphatic carbocycles. The van der Waals surface area contributed by atoms with Gasteiger partial charge in [0.2, 0.25) is 10.0 Å². The molecule has 5 nitrogen and oxygen atoms in total. The molecule has 0 fully saturated rings. The summed E-state index contributed by atoms with van der Waals surface area (Å²) in [6, 6.07) is 3.33. The first-order valence-corrected chi connectivity index (χ1v) is 8.04. The lowest BCUT2D eigenvalue weighted by molar-refractivity contribution is 0.433. The van der Waals surface area contributed by atoms with Gasteiger partial charge in [0.15, 0.2) is 5.76 Å². The summed E-state index contributed by atoms with van der Waals surface area (Å²) in [6.45, 7) is 7.21. The summed E-state index contributed by atoms with van der Waals surface area (Å²) in [4.78, 5) is 1.77. The lowest BCUT2D eigenvalue weighted by Crippen LogP contribution is -2.40. The van der Waals surface area contributed by atoms with Crippen LogP contribution in [0.25, 0.3) is 10.6 Å². The van der Waals surface area contributed by atoms with Gasteiger partial charge in [0.1, 0.15) is 0 Å². The van der Waals surface area contributed by atoms with Crippen molar-refractivity contribution >= 4 is 21.4 Å². The molecule has 0 radical (unpaired) electrons. The molecule has 2 aromatic rings. The number of aromatic nitrogens is 1. The minimum absolute atomic E-state index is 0.291. The second-order valence-corrected chi connectivity index (χ2v) is 8.17. The van der Waals surface area contributed by atoms with Gasteiger partial charge in [-0.25, -0.2) is 13.1 Å². The van der Waals surface area contributed by atoms with Crippen LogP contribution in [0.1, 0.15) is 25.6 Å². The zero-order valence-corrected chi connectivity index (χ0v) is 12.9. The molecule has 0 unspecified atom stereocenters. The molecule has 104 valence electrons. The molecule has 2 aromatic heterocycles. The molecule has 0 spiro atoms. The van der Waals surface area contributed by atoms with Gasteiger partial charge in [-0.15, -0.1) is 11.3 Å². The molecule has 0 saturated carbocycles. The van der Waals surface area contributed by atoms with Gasteiger partial charge >= 0.3 is 0 Å². The van der Waals surface area contributed by atoms with E-state index in [1.165, 1.54) is 17.5 Å². The Labute approximate surface area is 116 Å². The van der Waals surface area contributed by atoms with Crippen LogP contribution < -0.4 is 4.72 Å². The predicted octanol–water partition coefficient (Wildman–Crippen LogP) is 2.79. The topological polar surface area (TPSA) is 72.2 Å². The summed E-state index contributed by atoms with van der Waals surface area (Å²) >= 11 is 1.37.